The molecule has 1 saturated heterocycles. The maximum Gasteiger partial charge on any atom is 0.393 e. The first-order chi connectivity index (χ1) is 13.4. The van der Waals surface area contributed by atoms with Crippen molar-refractivity contribution in [2.24, 2.45) is 5.92 Å². The highest BCUT2D eigenvalue weighted by atomic mass is 19.4. The molecule has 1 fully saturated rings. The minimum Gasteiger partial charge on any atom is -0.487 e. The van der Waals surface area contributed by atoms with Crippen LogP contribution in [0.15, 0.2) is 54.7 Å². The molecule has 0 aliphatic carbocycles. The zero-order valence-electron chi connectivity index (χ0n) is 15.2. The van der Waals surface area contributed by atoms with Gasteiger partial charge in [-0.1, -0.05) is 18.2 Å². The molecule has 148 valence electrons. The molecule has 1 atom stereocenters. The number of ether oxygens (including phenoxy) is 1. The number of hydrogen-bond acceptors (Lipinski definition) is 3. The molecule has 1 amide bonds. The normalized spacial score (nSPS) is 17.7. The van der Waals surface area contributed by atoms with Crippen LogP contribution in [0.2, 0.25) is 0 Å². The third kappa shape index (κ3) is 5.58. The van der Waals surface area contributed by atoms with E-state index in [1.54, 1.807) is 36.5 Å². The summed E-state index contributed by atoms with van der Waals surface area (Å²) in [4.78, 5) is 17.7. The van der Waals surface area contributed by atoms with Crippen molar-refractivity contribution < 1.29 is 22.7 Å². The van der Waals surface area contributed by atoms with Crippen molar-refractivity contribution in [1.29, 1.82) is 0 Å². The Balaban J connectivity index is 1.53. The molecule has 28 heavy (non-hydrogen) atoms. The van der Waals surface area contributed by atoms with E-state index in [-0.39, 0.29) is 13.0 Å². The van der Waals surface area contributed by atoms with Crippen LogP contribution in [-0.2, 0) is 11.4 Å². The molecule has 0 spiro atoms. The van der Waals surface area contributed by atoms with E-state index in [0.29, 0.717) is 25.3 Å². The Morgan fingerprint density at radius 1 is 1.21 bits per heavy atom. The molecule has 2 aromatic rings. The van der Waals surface area contributed by atoms with E-state index in [1.807, 2.05) is 18.2 Å². The summed E-state index contributed by atoms with van der Waals surface area (Å²) < 4.78 is 44.2. The molecule has 7 heteroatoms. The Morgan fingerprint density at radius 3 is 2.68 bits per heavy atom. The fourth-order valence-corrected chi connectivity index (χ4v) is 3.03. The standard InChI is InChI=1S/C21H21F3N2O2/c22-21(23,24)17-4-3-13-26(14-17)20(27)11-8-16-6-9-19(10-7-16)28-15-18-5-1-2-12-25-18/h1-2,5-12,17H,3-4,13-15H2/b11-8+/t17-/m0/s1. The van der Waals surface area contributed by atoms with Crippen LogP contribution < -0.4 is 4.74 Å². The molecule has 0 saturated carbocycles. The van der Waals surface area contributed by atoms with Crippen molar-refractivity contribution in [2.75, 3.05) is 13.1 Å². The molecule has 1 aromatic heterocycles. The van der Waals surface area contributed by atoms with Gasteiger partial charge in [0.25, 0.3) is 0 Å². The van der Waals surface area contributed by atoms with Gasteiger partial charge in [0.05, 0.1) is 11.6 Å². The molecule has 3 rings (SSSR count). The summed E-state index contributed by atoms with van der Waals surface area (Å²) >= 11 is 0. The van der Waals surface area contributed by atoms with Crippen molar-refractivity contribution >= 4 is 12.0 Å². The van der Waals surface area contributed by atoms with Gasteiger partial charge in [0, 0.05) is 25.4 Å². The molecule has 1 aromatic carbocycles. The van der Waals surface area contributed by atoms with E-state index >= 15 is 0 Å². The molecule has 0 unspecified atom stereocenters. The summed E-state index contributed by atoms with van der Waals surface area (Å²) in [7, 11) is 0. The van der Waals surface area contributed by atoms with Crippen molar-refractivity contribution in [3.63, 3.8) is 0 Å². The molecular formula is C21H21F3N2O2. The zero-order chi connectivity index (χ0) is 20.0. The van der Waals surface area contributed by atoms with Gasteiger partial charge in [-0.25, -0.2) is 0 Å². The van der Waals surface area contributed by atoms with Crippen LogP contribution in [0.25, 0.3) is 6.08 Å². The summed E-state index contributed by atoms with van der Waals surface area (Å²) in [5.41, 5.74) is 1.58. The zero-order valence-corrected chi connectivity index (χ0v) is 15.2. The van der Waals surface area contributed by atoms with E-state index in [2.05, 4.69) is 4.98 Å². The van der Waals surface area contributed by atoms with Gasteiger partial charge in [-0.05, 0) is 48.7 Å². The molecule has 2 heterocycles. The number of carbonyl (C=O) groups excluding carboxylic acids is 1. The molecule has 0 N–H and O–H groups in total. The first-order valence-electron chi connectivity index (χ1n) is 9.08. The lowest BCUT2D eigenvalue weighted by Crippen LogP contribution is -2.44. The number of pyridine rings is 1. The topological polar surface area (TPSA) is 42.4 Å². The van der Waals surface area contributed by atoms with Crippen LogP contribution in [-0.4, -0.2) is 35.1 Å². The minimum atomic E-state index is -4.26. The second-order valence-electron chi connectivity index (χ2n) is 6.68. The lowest BCUT2D eigenvalue weighted by molar-refractivity contribution is -0.187. The Kier molecular flexibility index (Phi) is 6.34. The van der Waals surface area contributed by atoms with Crippen LogP contribution in [0.5, 0.6) is 5.75 Å². The van der Waals surface area contributed by atoms with Crippen molar-refractivity contribution in [1.82, 2.24) is 9.88 Å². The first kappa shape index (κ1) is 19.9. The quantitative estimate of drug-likeness (QED) is 0.708. The smallest absolute Gasteiger partial charge is 0.393 e. The lowest BCUT2D eigenvalue weighted by atomic mass is 9.97. The Hall–Kier alpha value is -2.83. The number of amides is 1. The van der Waals surface area contributed by atoms with Crippen LogP contribution in [0, 0.1) is 5.92 Å². The number of carbonyl (C=O) groups is 1. The highest BCUT2D eigenvalue weighted by molar-refractivity contribution is 5.91. The number of halogens is 3. The Labute approximate surface area is 161 Å². The van der Waals surface area contributed by atoms with Gasteiger partial charge >= 0.3 is 6.18 Å². The van der Waals surface area contributed by atoms with Gasteiger partial charge in [-0.2, -0.15) is 13.2 Å². The van der Waals surface area contributed by atoms with Crippen molar-refractivity contribution in [2.45, 2.75) is 25.6 Å². The van der Waals surface area contributed by atoms with Crippen LogP contribution in [0.3, 0.4) is 0 Å². The van der Waals surface area contributed by atoms with E-state index in [9.17, 15) is 18.0 Å². The average Bonchev–Trinajstić information content (AvgIpc) is 2.71. The predicted molar refractivity (Wildman–Crippen MR) is 99.4 cm³/mol. The minimum absolute atomic E-state index is 0.0803. The van der Waals surface area contributed by atoms with Crippen LogP contribution in [0.1, 0.15) is 24.1 Å². The van der Waals surface area contributed by atoms with Crippen molar-refractivity contribution in [3.8, 4) is 5.75 Å². The molecule has 1 aliphatic rings. The number of likely N-dealkylation sites (tertiary alicyclic amines) is 1. The Morgan fingerprint density at radius 2 is 2.00 bits per heavy atom. The first-order valence-corrected chi connectivity index (χ1v) is 9.08. The highest BCUT2D eigenvalue weighted by Gasteiger charge is 2.42. The number of nitrogens with zero attached hydrogens (tertiary/aromatic N) is 2. The average molecular weight is 390 g/mol. The van der Waals surface area contributed by atoms with Gasteiger partial charge in [-0.15, -0.1) is 0 Å². The van der Waals surface area contributed by atoms with E-state index in [4.69, 9.17) is 4.74 Å². The van der Waals surface area contributed by atoms with Gasteiger partial charge in [0.15, 0.2) is 0 Å². The van der Waals surface area contributed by atoms with Crippen LogP contribution >= 0.6 is 0 Å². The number of alkyl halides is 3. The number of aromatic nitrogens is 1. The maximum absolute atomic E-state index is 12.9. The highest BCUT2D eigenvalue weighted by Crippen LogP contribution is 2.33. The SMILES string of the molecule is O=C(/C=C/c1ccc(OCc2ccccn2)cc1)N1CCC[C@H](C(F)(F)F)C1. The maximum atomic E-state index is 12.9. The van der Waals surface area contributed by atoms with Crippen molar-refractivity contribution in [3.05, 3.63) is 66.0 Å². The fourth-order valence-electron chi connectivity index (χ4n) is 3.03. The number of benzene rings is 1. The monoisotopic (exact) mass is 390 g/mol. The Bertz CT molecular complexity index is 805. The molecular weight excluding hydrogens is 369 g/mol. The number of hydrogen-bond donors (Lipinski definition) is 0. The summed E-state index contributed by atoms with van der Waals surface area (Å²) in [5, 5.41) is 0. The second kappa shape index (κ2) is 8.91. The number of rotatable bonds is 5. The lowest BCUT2D eigenvalue weighted by Gasteiger charge is -2.33. The van der Waals surface area contributed by atoms with Crippen LogP contribution in [0.4, 0.5) is 13.2 Å². The summed E-state index contributed by atoms with van der Waals surface area (Å²) in [6.07, 6.45) is 0.810. The van der Waals surface area contributed by atoms with Gasteiger partial charge in [0.2, 0.25) is 5.91 Å². The third-order valence-electron chi connectivity index (χ3n) is 4.61. The predicted octanol–water partition coefficient (Wildman–Crippen LogP) is 4.47. The fraction of sp³-hybridized carbons (Fsp3) is 0.333. The summed E-state index contributed by atoms with van der Waals surface area (Å²) in [6, 6.07) is 12.7. The molecule has 0 bridgehead atoms. The molecule has 1 aliphatic heterocycles. The summed E-state index contributed by atoms with van der Waals surface area (Å²) in [6.45, 7) is 0.437. The van der Waals surface area contributed by atoms with E-state index in [1.165, 1.54) is 11.0 Å². The molecule has 4 nitrogen and oxygen atoms in total. The molecule has 0 radical (unpaired) electrons. The van der Waals surface area contributed by atoms with Gasteiger partial charge in [0.1, 0.15) is 12.4 Å². The third-order valence-corrected chi connectivity index (χ3v) is 4.61. The summed E-state index contributed by atoms with van der Waals surface area (Å²) in [5.74, 6) is -1.17. The largest absolute Gasteiger partial charge is 0.487 e. The second-order valence-corrected chi connectivity index (χ2v) is 6.68. The van der Waals surface area contributed by atoms with Gasteiger partial charge < -0.3 is 9.64 Å². The number of piperidine rings is 1. The van der Waals surface area contributed by atoms with Gasteiger partial charge in [-0.3, -0.25) is 9.78 Å². The van der Waals surface area contributed by atoms with E-state index < -0.39 is 18.0 Å². The van der Waals surface area contributed by atoms with E-state index in [0.717, 1.165) is 11.3 Å².